The van der Waals surface area contributed by atoms with Gasteiger partial charge < -0.3 is 20.5 Å². The highest BCUT2D eigenvalue weighted by Gasteiger charge is 2.23. The number of urea groups is 1. The quantitative estimate of drug-likeness (QED) is 0.483. The molecule has 3 amide bonds. The first-order chi connectivity index (χ1) is 8.82. The fourth-order valence-electron chi connectivity index (χ4n) is 1.30. The average Bonchev–Trinajstić information content (AvgIpc) is 2.33. The Bertz CT molecular complexity index is 295. The van der Waals surface area contributed by atoms with E-state index in [1.165, 1.54) is 0 Å². The largest absolute Gasteiger partial charge is 0.389 e. The van der Waals surface area contributed by atoms with E-state index < -0.39 is 23.6 Å². The third kappa shape index (κ3) is 8.52. The van der Waals surface area contributed by atoms with Crippen LogP contribution in [0, 0.1) is 0 Å². The van der Waals surface area contributed by atoms with Crippen molar-refractivity contribution in [1.29, 1.82) is 0 Å². The number of amides is 3. The fourth-order valence-corrected chi connectivity index (χ4v) is 1.30. The lowest BCUT2D eigenvalue weighted by atomic mass is 10.0. The van der Waals surface area contributed by atoms with E-state index in [-0.39, 0.29) is 6.54 Å². The molecule has 0 saturated carbocycles. The van der Waals surface area contributed by atoms with Crippen LogP contribution >= 0.6 is 0 Å². The van der Waals surface area contributed by atoms with Gasteiger partial charge >= 0.3 is 6.03 Å². The van der Waals surface area contributed by atoms with Gasteiger partial charge in [0.25, 0.3) is 0 Å². The molecule has 0 aliphatic heterocycles. The minimum Gasteiger partial charge on any atom is -0.389 e. The molecule has 0 rings (SSSR count). The molecule has 0 aliphatic rings. The van der Waals surface area contributed by atoms with E-state index in [1.807, 2.05) is 0 Å². The van der Waals surface area contributed by atoms with Gasteiger partial charge in [0.1, 0.15) is 0 Å². The highest BCUT2D eigenvalue weighted by molar-refractivity contribution is 5.96. The normalized spacial score (nSPS) is 15.4. The summed E-state index contributed by atoms with van der Waals surface area (Å²) in [6.07, 6.45) is 0.459. The first-order valence-electron chi connectivity index (χ1n) is 6.35. The number of rotatable bonds is 8. The molecule has 0 aromatic rings. The van der Waals surface area contributed by atoms with E-state index in [2.05, 4.69) is 16.0 Å². The molecule has 0 fully saturated rings. The van der Waals surface area contributed by atoms with Gasteiger partial charge in [0, 0.05) is 33.2 Å². The summed E-state index contributed by atoms with van der Waals surface area (Å²) in [5.74, 6) is -0.437. The lowest BCUT2D eigenvalue weighted by Crippen LogP contribution is -2.51. The van der Waals surface area contributed by atoms with E-state index in [4.69, 9.17) is 4.74 Å². The van der Waals surface area contributed by atoms with E-state index in [9.17, 15) is 14.7 Å². The van der Waals surface area contributed by atoms with E-state index in [0.717, 1.165) is 0 Å². The number of imide groups is 1. The van der Waals surface area contributed by atoms with Crippen molar-refractivity contribution in [3.8, 4) is 0 Å². The van der Waals surface area contributed by atoms with E-state index in [1.54, 1.807) is 27.9 Å². The first-order valence-corrected chi connectivity index (χ1v) is 6.35. The van der Waals surface area contributed by atoms with Crippen LogP contribution in [0.15, 0.2) is 0 Å². The number of carbonyl (C=O) groups is 2. The van der Waals surface area contributed by atoms with Crippen LogP contribution in [0.1, 0.15) is 27.2 Å². The Morgan fingerprint density at radius 3 is 2.58 bits per heavy atom. The Hall–Kier alpha value is -1.18. The summed E-state index contributed by atoms with van der Waals surface area (Å²) in [5.41, 5.74) is -0.962. The molecule has 0 saturated heterocycles. The second kappa shape index (κ2) is 8.84. The van der Waals surface area contributed by atoms with Gasteiger partial charge in [0.15, 0.2) is 0 Å². The molecule has 19 heavy (non-hydrogen) atoms. The third-order valence-electron chi connectivity index (χ3n) is 2.60. The number of hydrogen-bond acceptors (Lipinski definition) is 5. The van der Waals surface area contributed by atoms with Crippen LogP contribution in [0.5, 0.6) is 0 Å². The average molecular weight is 275 g/mol. The van der Waals surface area contributed by atoms with Crippen LogP contribution < -0.4 is 16.0 Å². The van der Waals surface area contributed by atoms with Crippen LogP contribution in [0.4, 0.5) is 4.79 Å². The molecule has 0 aromatic heterocycles. The number of ether oxygens (including phenoxy) is 1. The fraction of sp³-hybridized carbons (Fsp3) is 0.833. The van der Waals surface area contributed by atoms with Gasteiger partial charge in [-0.3, -0.25) is 10.1 Å². The van der Waals surface area contributed by atoms with Crippen molar-refractivity contribution in [2.75, 3.05) is 26.8 Å². The second-order valence-corrected chi connectivity index (χ2v) is 4.69. The number of hydrogen-bond donors (Lipinski definition) is 4. The molecule has 0 radical (unpaired) electrons. The van der Waals surface area contributed by atoms with Crippen molar-refractivity contribution in [2.24, 2.45) is 0 Å². The molecular weight excluding hydrogens is 250 g/mol. The monoisotopic (exact) mass is 275 g/mol. The molecule has 4 N–H and O–H groups in total. The summed E-state index contributed by atoms with van der Waals surface area (Å²) >= 11 is 0. The van der Waals surface area contributed by atoms with Crippen LogP contribution in [0.25, 0.3) is 0 Å². The van der Waals surface area contributed by atoms with Crippen molar-refractivity contribution in [2.45, 2.75) is 38.8 Å². The predicted molar refractivity (Wildman–Crippen MR) is 71.8 cm³/mol. The van der Waals surface area contributed by atoms with Gasteiger partial charge in [-0.25, -0.2) is 4.79 Å². The van der Waals surface area contributed by atoms with Crippen LogP contribution in [0.3, 0.4) is 0 Å². The summed E-state index contributed by atoms with van der Waals surface area (Å²) in [6, 6.07) is -1.09. The lowest BCUT2D eigenvalue weighted by Gasteiger charge is -2.25. The van der Waals surface area contributed by atoms with Crippen molar-refractivity contribution in [3.05, 3.63) is 0 Å². The zero-order valence-corrected chi connectivity index (χ0v) is 12.1. The maximum Gasteiger partial charge on any atom is 0.321 e. The molecule has 2 atom stereocenters. The molecule has 0 aromatic carbocycles. The molecule has 7 heteroatoms. The van der Waals surface area contributed by atoms with Crippen molar-refractivity contribution in [3.63, 3.8) is 0 Å². The van der Waals surface area contributed by atoms with Gasteiger partial charge in [-0.15, -0.1) is 0 Å². The highest BCUT2D eigenvalue weighted by atomic mass is 16.5. The molecule has 0 aliphatic carbocycles. The maximum absolute atomic E-state index is 11.6. The van der Waals surface area contributed by atoms with Crippen LogP contribution in [-0.2, 0) is 9.53 Å². The molecule has 0 spiro atoms. The minimum atomic E-state index is -0.962. The Balaban J connectivity index is 4.05. The predicted octanol–water partition coefficient (Wildman–Crippen LogP) is -0.402. The maximum atomic E-state index is 11.6. The SMILES string of the molecule is CCNC(=O)NC(=O)C(C)NCC(C)(O)CCOC. The summed E-state index contributed by atoms with van der Waals surface area (Å²) < 4.78 is 4.89. The molecular formula is C12H25N3O4. The molecule has 0 heterocycles. The molecule has 112 valence electrons. The van der Waals surface area contributed by atoms with Crippen molar-refractivity contribution < 1.29 is 19.4 Å². The summed E-state index contributed by atoms with van der Waals surface area (Å²) in [7, 11) is 1.56. The Morgan fingerprint density at radius 2 is 2.05 bits per heavy atom. The van der Waals surface area contributed by atoms with E-state index >= 15 is 0 Å². The van der Waals surface area contributed by atoms with Crippen molar-refractivity contribution >= 4 is 11.9 Å². The zero-order chi connectivity index (χ0) is 14.9. The summed E-state index contributed by atoms with van der Waals surface area (Å²) in [4.78, 5) is 22.8. The lowest BCUT2D eigenvalue weighted by molar-refractivity contribution is -0.121. The first kappa shape index (κ1) is 17.8. The highest BCUT2D eigenvalue weighted by Crippen LogP contribution is 2.07. The smallest absolute Gasteiger partial charge is 0.321 e. The van der Waals surface area contributed by atoms with Gasteiger partial charge in [0.05, 0.1) is 11.6 Å². The zero-order valence-electron chi connectivity index (χ0n) is 12.1. The van der Waals surface area contributed by atoms with Gasteiger partial charge in [-0.1, -0.05) is 0 Å². The van der Waals surface area contributed by atoms with Crippen molar-refractivity contribution in [1.82, 2.24) is 16.0 Å². The molecule has 2 unspecified atom stereocenters. The number of methoxy groups -OCH3 is 1. The molecule has 7 nitrogen and oxygen atoms in total. The minimum absolute atomic E-state index is 0.236. The van der Waals surface area contributed by atoms with Crippen LogP contribution in [0.2, 0.25) is 0 Å². The number of aliphatic hydroxyl groups is 1. The number of carbonyl (C=O) groups excluding carboxylic acids is 2. The Morgan fingerprint density at radius 1 is 1.42 bits per heavy atom. The summed E-state index contributed by atoms with van der Waals surface area (Å²) in [6.45, 7) is 6.17. The van der Waals surface area contributed by atoms with Gasteiger partial charge in [-0.2, -0.15) is 0 Å². The van der Waals surface area contributed by atoms with Gasteiger partial charge in [-0.05, 0) is 20.8 Å². The van der Waals surface area contributed by atoms with E-state index in [0.29, 0.717) is 19.6 Å². The second-order valence-electron chi connectivity index (χ2n) is 4.69. The Kier molecular flexibility index (Phi) is 8.29. The van der Waals surface area contributed by atoms with Gasteiger partial charge in [0.2, 0.25) is 5.91 Å². The standard InChI is InChI=1S/C12H25N3O4/c1-5-13-11(17)15-10(16)9(2)14-8-12(3,18)6-7-19-4/h9,14,18H,5-8H2,1-4H3,(H2,13,15,16,17). The molecule has 0 bridgehead atoms. The summed E-state index contributed by atoms with van der Waals surface area (Å²) in [5, 5.41) is 17.5. The topological polar surface area (TPSA) is 99.7 Å². The Labute approximate surface area is 114 Å². The number of nitrogens with one attached hydrogen (secondary N) is 3. The third-order valence-corrected chi connectivity index (χ3v) is 2.60. The van der Waals surface area contributed by atoms with Crippen LogP contribution in [-0.4, -0.2) is 55.5 Å².